The van der Waals surface area contributed by atoms with Crippen molar-refractivity contribution >= 4 is 5.97 Å². The predicted molar refractivity (Wildman–Crippen MR) is 118 cm³/mol. The number of benzene rings is 1. The number of rotatable bonds is 13. The zero-order valence-electron chi connectivity index (χ0n) is 18.0. The summed E-state index contributed by atoms with van der Waals surface area (Å²) in [7, 11) is 0. The van der Waals surface area contributed by atoms with Crippen molar-refractivity contribution < 1.29 is 14.3 Å². The number of carbonyl (C=O) groups is 1. The highest BCUT2D eigenvalue weighted by Crippen LogP contribution is 2.11. The van der Waals surface area contributed by atoms with Gasteiger partial charge in [-0.2, -0.15) is 0 Å². The Kier molecular flexibility index (Phi) is 11.9. The third-order valence-corrected chi connectivity index (χ3v) is 4.72. The summed E-state index contributed by atoms with van der Waals surface area (Å²) in [5, 5.41) is 0. The number of carbonyl (C=O) groups excluding carboxylic acids is 1. The van der Waals surface area contributed by atoms with Gasteiger partial charge < -0.3 is 9.47 Å². The summed E-state index contributed by atoms with van der Waals surface area (Å²) < 4.78 is 11.0. The maximum absolute atomic E-state index is 12.0. The Hall–Kier alpha value is -2.13. The lowest BCUT2D eigenvalue weighted by Crippen LogP contribution is -2.07. The molecule has 0 spiro atoms. The van der Waals surface area contributed by atoms with Gasteiger partial charge in [-0.1, -0.05) is 57.2 Å². The van der Waals surface area contributed by atoms with Gasteiger partial charge >= 0.3 is 5.97 Å². The van der Waals surface area contributed by atoms with Crippen LogP contribution in [-0.4, -0.2) is 25.8 Å². The average molecular weight is 385 g/mol. The zero-order chi connectivity index (χ0) is 20.8. The summed E-state index contributed by atoms with van der Waals surface area (Å²) in [6.45, 7) is 14.1. The second kappa shape index (κ2) is 14.0. The van der Waals surface area contributed by atoms with Crippen molar-refractivity contribution in [1.82, 2.24) is 0 Å². The van der Waals surface area contributed by atoms with Crippen molar-refractivity contribution in [2.75, 3.05) is 19.8 Å². The molecule has 0 radical (unpaired) electrons. The Morgan fingerprint density at radius 2 is 1.86 bits per heavy atom. The fourth-order valence-electron chi connectivity index (χ4n) is 2.43. The maximum Gasteiger partial charge on any atom is 0.338 e. The lowest BCUT2D eigenvalue weighted by molar-refractivity contribution is 0.0494. The van der Waals surface area contributed by atoms with E-state index in [4.69, 9.17) is 9.47 Å². The van der Waals surface area contributed by atoms with Crippen LogP contribution in [0.2, 0.25) is 0 Å². The number of allylic oxidation sites excluding steroid dienone is 3. The summed E-state index contributed by atoms with van der Waals surface area (Å²) >= 11 is 0. The minimum absolute atomic E-state index is 0.246. The number of unbranched alkanes of at least 4 members (excludes halogenated alkanes) is 2. The first-order valence-electron chi connectivity index (χ1n) is 10.3. The van der Waals surface area contributed by atoms with E-state index in [-0.39, 0.29) is 5.97 Å². The zero-order valence-corrected chi connectivity index (χ0v) is 18.0. The molecule has 1 rings (SSSR count). The van der Waals surface area contributed by atoms with Crippen LogP contribution in [0.25, 0.3) is 0 Å². The molecule has 28 heavy (non-hydrogen) atoms. The number of hydrogen-bond donors (Lipinski definition) is 0. The van der Waals surface area contributed by atoms with Crippen LogP contribution in [-0.2, 0) is 9.47 Å². The predicted octanol–water partition coefficient (Wildman–Crippen LogP) is 6.36. The molecule has 0 saturated heterocycles. The van der Waals surface area contributed by atoms with Crippen molar-refractivity contribution in [3.8, 4) is 0 Å². The maximum atomic E-state index is 12.0. The van der Waals surface area contributed by atoms with Crippen molar-refractivity contribution in [3.63, 3.8) is 0 Å². The molecule has 1 unspecified atom stereocenters. The van der Waals surface area contributed by atoms with E-state index in [1.54, 1.807) is 0 Å². The first kappa shape index (κ1) is 23.9. The Morgan fingerprint density at radius 3 is 2.57 bits per heavy atom. The molecule has 3 nitrogen and oxygen atoms in total. The normalized spacial score (nSPS) is 12.6. The topological polar surface area (TPSA) is 35.5 Å². The standard InChI is InChI=1S/C25H36O3/c1-6-20(2)12-8-9-13-21(3)19-27-16-10-7-11-17-28-25(26)24-15-14-22(4)23(5)18-24/h8-9,12-15,18,20H,3,6-7,10-11,16-17,19H2,1-2,4-5H3/b12-8-,13-9-. The summed E-state index contributed by atoms with van der Waals surface area (Å²) in [5.41, 5.74) is 3.87. The summed E-state index contributed by atoms with van der Waals surface area (Å²) in [6, 6.07) is 5.65. The van der Waals surface area contributed by atoms with Crippen LogP contribution in [0, 0.1) is 19.8 Å². The lowest BCUT2D eigenvalue weighted by Gasteiger charge is -2.07. The Balaban J connectivity index is 2.06. The van der Waals surface area contributed by atoms with E-state index in [0.29, 0.717) is 31.3 Å². The molecule has 0 aliphatic heterocycles. The van der Waals surface area contributed by atoms with Gasteiger partial charge in [0.25, 0.3) is 0 Å². The molecule has 1 aromatic carbocycles. The molecule has 0 aliphatic rings. The van der Waals surface area contributed by atoms with E-state index in [1.165, 1.54) is 5.56 Å². The molecule has 0 saturated carbocycles. The Bertz CT molecular complexity index is 670. The van der Waals surface area contributed by atoms with Gasteiger partial charge in [-0.15, -0.1) is 0 Å². The highest BCUT2D eigenvalue weighted by molar-refractivity contribution is 5.89. The van der Waals surface area contributed by atoms with Crippen LogP contribution in [0.15, 0.2) is 54.7 Å². The summed E-state index contributed by atoms with van der Waals surface area (Å²) in [4.78, 5) is 12.0. The molecule has 0 bridgehead atoms. The molecule has 154 valence electrons. The number of ether oxygens (including phenoxy) is 2. The van der Waals surface area contributed by atoms with E-state index < -0.39 is 0 Å². The molecule has 0 N–H and O–H groups in total. The van der Waals surface area contributed by atoms with Crippen molar-refractivity contribution in [2.45, 2.75) is 53.4 Å². The fourth-order valence-corrected chi connectivity index (χ4v) is 2.43. The molecule has 0 aromatic heterocycles. The number of aryl methyl sites for hydroxylation is 2. The molecular weight excluding hydrogens is 348 g/mol. The van der Waals surface area contributed by atoms with Crippen LogP contribution in [0.3, 0.4) is 0 Å². The quantitative estimate of drug-likeness (QED) is 0.225. The summed E-state index contributed by atoms with van der Waals surface area (Å²) in [5.74, 6) is 0.360. The largest absolute Gasteiger partial charge is 0.462 e. The van der Waals surface area contributed by atoms with E-state index in [2.05, 4.69) is 32.6 Å². The molecule has 0 heterocycles. The second-order valence-corrected chi connectivity index (χ2v) is 7.34. The third-order valence-electron chi connectivity index (χ3n) is 4.72. The minimum Gasteiger partial charge on any atom is -0.462 e. The van der Waals surface area contributed by atoms with Gasteiger partial charge in [0.15, 0.2) is 0 Å². The molecule has 0 aliphatic carbocycles. The van der Waals surface area contributed by atoms with Crippen molar-refractivity contribution in [2.24, 2.45) is 5.92 Å². The fraction of sp³-hybridized carbons (Fsp3) is 0.480. The van der Waals surface area contributed by atoms with E-state index >= 15 is 0 Å². The third kappa shape index (κ3) is 10.3. The van der Waals surface area contributed by atoms with Crippen molar-refractivity contribution in [3.05, 3.63) is 71.3 Å². The molecule has 0 fully saturated rings. The highest BCUT2D eigenvalue weighted by atomic mass is 16.5. The molecule has 0 amide bonds. The average Bonchev–Trinajstić information content (AvgIpc) is 2.68. The van der Waals surface area contributed by atoms with E-state index in [9.17, 15) is 4.79 Å². The van der Waals surface area contributed by atoms with Crippen LogP contribution in [0.5, 0.6) is 0 Å². The van der Waals surface area contributed by atoms with E-state index in [1.807, 2.05) is 44.2 Å². The first-order chi connectivity index (χ1) is 13.4. The molecular formula is C25H36O3. The molecule has 1 atom stereocenters. The van der Waals surface area contributed by atoms with Gasteiger partial charge in [-0.05, 0) is 67.9 Å². The molecule has 1 aromatic rings. The van der Waals surface area contributed by atoms with Gasteiger partial charge in [0, 0.05) is 6.61 Å². The van der Waals surface area contributed by atoms with Gasteiger partial charge in [0.05, 0.1) is 18.8 Å². The van der Waals surface area contributed by atoms with Gasteiger partial charge in [-0.3, -0.25) is 0 Å². The monoisotopic (exact) mass is 384 g/mol. The first-order valence-corrected chi connectivity index (χ1v) is 10.3. The van der Waals surface area contributed by atoms with Gasteiger partial charge in [-0.25, -0.2) is 4.79 Å². The Morgan fingerprint density at radius 1 is 1.11 bits per heavy atom. The van der Waals surface area contributed by atoms with Crippen molar-refractivity contribution in [1.29, 1.82) is 0 Å². The smallest absolute Gasteiger partial charge is 0.338 e. The Labute approximate surface area is 171 Å². The van der Waals surface area contributed by atoms with E-state index in [0.717, 1.165) is 36.8 Å². The van der Waals surface area contributed by atoms with Gasteiger partial charge in [0.2, 0.25) is 0 Å². The number of esters is 1. The van der Waals surface area contributed by atoms with Gasteiger partial charge in [0.1, 0.15) is 0 Å². The minimum atomic E-state index is -0.246. The lowest BCUT2D eigenvalue weighted by atomic mass is 10.1. The van der Waals surface area contributed by atoms with Crippen LogP contribution in [0.1, 0.15) is 61.0 Å². The number of hydrogen-bond acceptors (Lipinski definition) is 3. The van der Waals surface area contributed by atoms with Crippen LogP contribution in [0.4, 0.5) is 0 Å². The summed E-state index contributed by atoms with van der Waals surface area (Å²) in [6.07, 6.45) is 12.2. The molecule has 3 heteroatoms. The second-order valence-electron chi connectivity index (χ2n) is 7.34. The van der Waals surface area contributed by atoms with Crippen LogP contribution < -0.4 is 0 Å². The van der Waals surface area contributed by atoms with Crippen LogP contribution >= 0.6 is 0 Å². The SMILES string of the molecule is C=C(/C=C\C=C/C(C)CC)COCCCCCOC(=O)c1ccc(C)c(C)c1. The highest BCUT2D eigenvalue weighted by Gasteiger charge is 2.07.